The highest BCUT2D eigenvalue weighted by Crippen LogP contribution is 2.36. The molecule has 3 heteroatoms. The maximum Gasteiger partial charge on any atom is 0.152 e. The minimum absolute atomic E-state index is 0.0139. The lowest BCUT2D eigenvalue weighted by Crippen LogP contribution is -2.28. The number of alkyl halides is 1. The van der Waals surface area contributed by atoms with Crippen molar-refractivity contribution < 1.29 is 13.9 Å². The largest absolute Gasteiger partial charge is 0.372 e. The second kappa shape index (κ2) is 2.96. The van der Waals surface area contributed by atoms with Crippen LogP contribution in [-0.4, -0.2) is 31.6 Å². The predicted octanol–water partition coefficient (Wildman–Crippen LogP) is 1.39. The number of ether oxygens (including phenoxy) is 2. The van der Waals surface area contributed by atoms with Crippen LogP contribution in [0, 0.1) is 11.8 Å². The van der Waals surface area contributed by atoms with Gasteiger partial charge in [0.15, 0.2) is 6.17 Å². The first-order valence-electron chi connectivity index (χ1n) is 4.57. The van der Waals surface area contributed by atoms with E-state index in [9.17, 15) is 4.39 Å². The van der Waals surface area contributed by atoms with Crippen molar-refractivity contribution >= 4 is 0 Å². The quantitative estimate of drug-likeness (QED) is 0.598. The summed E-state index contributed by atoms with van der Waals surface area (Å²) in [5, 5.41) is 0. The van der Waals surface area contributed by atoms with Crippen molar-refractivity contribution in [3.63, 3.8) is 0 Å². The first kappa shape index (κ1) is 8.45. The molecule has 0 aliphatic carbocycles. The molecule has 4 atom stereocenters. The fourth-order valence-electron chi connectivity index (χ4n) is 2.05. The first-order valence-corrected chi connectivity index (χ1v) is 4.57. The van der Waals surface area contributed by atoms with Gasteiger partial charge in [0, 0.05) is 5.92 Å². The van der Waals surface area contributed by atoms with Crippen LogP contribution in [0.25, 0.3) is 0 Å². The summed E-state index contributed by atoms with van der Waals surface area (Å²) >= 11 is 0. The molecule has 12 heavy (non-hydrogen) atoms. The summed E-state index contributed by atoms with van der Waals surface area (Å²) in [5.74, 6) is 0.904. The Bertz CT molecular complexity index is 172. The van der Waals surface area contributed by atoms with Crippen molar-refractivity contribution in [2.45, 2.75) is 32.2 Å². The molecule has 0 bridgehead atoms. The van der Waals surface area contributed by atoms with Crippen LogP contribution in [0.2, 0.25) is 0 Å². The fourth-order valence-corrected chi connectivity index (χ4v) is 2.05. The van der Waals surface area contributed by atoms with Gasteiger partial charge in [-0.3, -0.25) is 0 Å². The second-order valence-corrected chi connectivity index (χ2v) is 4.02. The Morgan fingerprint density at radius 1 is 1.17 bits per heavy atom. The number of fused-ring (bicyclic) bond motifs is 1. The summed E-state index contributed by atoms with van der Waals surface area (Å²) in [5.41, 5.74) is 0. The lowest BCUT2D eigenvalue weighted by atomic mass is 9.91. The molecule has 2 saturated heterocycles. The van der Waals surface area contributed by atoms with Gasteiger partial charge >= 0.3 is 0 Å². The van der Waals surface area contributed by atoms with Gasteiger partial charge in [0.25, 0.3) is 0 Å². The number of hydrogen-bond acceptors (Lipinski definition) is 2. The van der Waals surface area contributed by atoms with Gasteiger partial charge < -0.3 is 9.47 Å². The molecule has 0 aromatic rings. The van der Waals surface area contributed by atoms with E-state index < -0.39 is 6.17 Å². The highest BCUT2D eigenvalue weighted by atomic mass is 19.1. The first-order chi connectivity index (χ1) is 5.70. The molecular formula is C9H15FO2. The molecule has 70 valence electrons. The zero-order valence-electron chi connectivity index (χ0n) is 7.50. The van der Waals surface area contributed by atoms with E-state index in [2.05, 4.69) is 13.8 Å². The van der Waals surface area contributed by atoms with Gasteiger partial charge in [0.1, 0.15) is 6.10 Å². The van der Waals surface area contributed by atoms with Crippen molar-refractivity contribution in [3.8, 4) is 0 Å². The molecule has 2 rings (SSSR count). The molecule has 0 aromatic carbocycles. The topological polar surface area (TPSA) is 18.5 Å². The standard InChI is InChI=1S/C9H15FO2/c1-5(2)6-3-11-9-7(10)4-12-8(6)9/h5-9H,3-4H2,1-2H3/t6-,7-,8-,9-/m1/s1. The summed E-state index contributed by atoms with van der Waals surface area (Å²) in [6, 6.07) is 0. The predicted molar refractivity (Wildman–Crippen MR) is 42.7 cm³/mol. The van der Waals surface area contributed by atoms with Gasteiger partial charge in [0.05, 0.1) is 19.3 Å². The van der Waals surface area contributed by atoms with Crippen LogP contribution in [0.4, 0.5) is 4.39 Å². The van der Waals surface area contributed by atoms with Crippen LogP contribution in [-0.2, 0) is 9.47 Å². The Hall–Kier alpha value is -0.150. The molecule has 2 heterocycles. The maximum atomic E-state index is 13.1. The average Bonchev–Trinajstić information content (AvgIpc) is 2.53. The van der Waals surface area contributed by atoms with E-state index in [0.717, 1.165) is 0 Å². The molecule has 0 aromatic heterocycles. The third kappa shape index (κ3) is 1.15. The normalized spacial score (nSPS) is 47.0. The monoisotopic (exact) mass is 174 g/mol. The van der Waals surface area contributed by atoms with Crippen LogP contribution in [0.5, 0.6) is 0 Å². The van der Waals surface area contributed by atoms with Crippen LogP contribution < -0.4 is 0 Å². The van der Waals surface area contributed by atoms with Crippen molar-refractivity contribution in [1.29, 1.82) is 0 Å². The molecule has 2 aliphatic heterocycles. The van der Waals surface area contributed by atoms with Gasteiger partial charge in [-0.2, -0.15) is 0 Å². The van der Waals surface area contributed by atoms with E-state index in [0.29, 0.717) is 18.4 Å². The molecule has 0 saturated carbocycles. The molecule has 0 spiro atoms. The van der Waals surface area contributed by atoms with Gasteiger partial charge in [-0.25, -0.2) is 4.39 Å². The Morgan fingerprint density at radius 3 is 2.50 bits per heavy atom. The van der Waals surface area contributed by atoms with E-state index in [1.165, 1.54) is 0 Å². The summed E-state index contributed by atoms with van der Waals surface area (Å²) in [7, 11) is 0. The highest BCUT2D eigenvalue weighted by Gasteiger charge is 2.48. The SMILES string of the molecule is CC(C)[C@H]1CO[C@H]2[C@@H]1OC[C@H]2F. The second-order valence-electron chi connectivity index (χ2n) is 4.02. The number of halogens is 1. The van der Waals surface area contributed by atoms with Gasteiger partial charge in [-0.15, -0.1) is 0 Å². The van der Waals surface area contributed by atoms with Gasteiger partial charge in [0.2, 0.25) is 0 Å². The summed E-state index contributed by atoms with van der Waals surface area (Å²) in [6.45, 7) is 5.14. The molecule has 2 fully saturated rings. The third-order valence-electron chi connectivity index (χ3n) is 2.89. The maximum absolute atomic E-state index is 13.1. The zero-order valence-corrected chi connectivity index (χ0v) is 7.50. The van der Waals surface area contributed by atoms with E-state index in [1.54, 1.807) is 0 Å². The van der Waals surface area contributed by atoms with Gasteiger partial charge in [-0.1, -0.05) is 13.8 Å². The molecule has 2 nitrogen and oxygen atoms in total. The Morgan fingerprint density at radius 2 is 1.83 bits per heavy atom. The minimum Gasteiger partial charge on any atom is -0.372 e. The fraction of sp³-hybridized carbons (Fsp3) is 1.00. The smallest absolute Gasteiger partial charge is 0.152 e. The Kier molecular flexibility index (Phi) is 2.09. The molecular weight excluding hydrogens is 159 g/mol. The number of rotatable bonds is 1. The van der Waals surface area contributed by atoms with Crippen LogP contribution in [0.15, 0.2) is 0 Å². The number of hydrogen-bond donors (Lipinski definition) is 0. The van der Waals surface area contributed by atoms with Crippen molar-refractivity contribution in [2.24, 2.45) is 11.8 Å². The van der Waals surface area contributed by atoms with Crippen LogP contribution in [0.1, 0.15) is 13.8 Å². The summed E-state index contributed by atoms with van der Waals surface area (Å²) in [6.07, 6.45) is -1.17. The molecule has 2 aliphatic rings. The van der Waals surface area contributed by atoms with Gasteiger partial charge in [-0.05, 0) is 5.92 Å². The van der Waals surface area contributed by atoms with Crippen LogP contribution >= 0.6 is 0 Å². The third-order valence-corrected chi connectivity index (χ3v) is 2.89. The zero-order chi connectivity index (χ0) is 8.72. The van der Waals surface area contributed by atoms with Crippen molar-refractivity contribution in [1.82, 2.24) is 0 Å². The molecule has 0 amide bonds. The molecule has 0 unspecified atom stereocenters. The molecule has 0 radical (unpaired) electrons. The van der Waals surface area contributed by atoms with Crippen molar-refractivity contribution in [2.75, 3.05) is 13.2 Å². The van der Waals surface area contributed by atoms with E-state index in [1.807, 2.05) is 0 Å². The van der Waals surface area contributed by atoms with E-state index in [4.69, 9.17) is 9.47 Å². The summed E-state index contributed by atoms with van der Waals surface area (Å²) < 4.78 is 23.8. The molecule has 0 N–H and O–H groups in total. The highest BCUT2D eigenvalue weighted by molar-refractivity contribution is 4.94. The van der Waals surface area contributed by atoms with Crippen LogP contribution in [0.3, 0.4) is 0 Å². The lowest BCUT2D eigenvalue weighted by molar-refractivity contribution is 0.0534. The average molecular weight is 174 g/mol. The Balaban J connectivity index is 2.05. The Labute approximate surface area is 72.0 Å². The van der Waals surface area contributed by atoms with Crippen molar-refractivity contribution in [3.05, 3.63) is 0 Å². The van der Waals surface area contributed by atoms with E-state index in [-0.39, 0.29) is 18.8 Å². The minimum atomic E-state index is -0.904. The van der Waals surface area contributed by atoms with E-state index >= 15 is 0 Å². The summed E-state index contributed by atoms with van der Waals surface area (Å²) in [4.78, 5) is 0. The lowest BCUT2D eigenvalue weighted by Gasteiger charge is -2.18.